The molecule has 1 aromatic carbocycles. The van der Waals surface area contributed by atoms with Gasteiger partial charge >= 0.3 is 5.97 Å². The number of hydrogen-bond donors (Lipinski definition) is 1. The van der Waals surface area contributed by atoms with Gasteiger partial charge in [-0.2, -0.15) is 0 Å². The first kappa shape index (κ1) is 16.9. The summed E-state index contributed by atoms with van der Waals surface area (Å²) in [5.41, 5.74) is -0.250. The van der Waals surface area contributed by atoms with Gasteiger partial charge in [-0.25, -0.2) is 4.79 Å². The van der Waals surface area contributed by atoms with Crippen LogP contribution in [0, 0.1) is 17.0 Å². The number of nitro groups is 1. The van der Waals surface area contributed by atoms with Gasteiger partial charge in [0.15, 0.2) is 13.2 Å². The smallest absolute Gasteiger partial charge is 0.344 e. The second-order valence-corrected chi connectivity index (χ2v) is 4.55. The summed E-state index contributed by atoms with van der Waals surface area (Å²) >= 11 is 0. The summed E-state index contributed by atoms with van der Waals surface area (Å²) in [6.07, 6.45) is 0. The number of para-hydroxylation sites is 2. The van der Waals surface area contributed by atoms with E-state index in [0.717, 1.165) is 0 Å². The first-order valence-electron chi connectivity index (χ1n) is 6.70. The molecule has 1 aromatic heterocycles. The summed E-state index contributed by atoms with van der Waals surface area (Å²) in [7, 11) is 0. The van der Waals surface area contributed by atoms with Crippen molar-refractivity contribution >= 4 is 23.3 Å². The number of nitro benzene ring substituents is 1. The van der Waals surface area contributed by atoms with E-state index in [-0.39, 0.29) is 17.3 Å². The summed E-state index contributed by atoms with van der Waals surface area (Å²) < 4.78 is 14.4. The molecule has 0 unspecified atom stereocenters. The highest BCUT2D eigenvalue weighted by Gasteiger charge is 2.16. The van der Waals surface area contributed by atoms with Crippen LogP contribution >= 0.6 is 0 Å². The van der Waals surface area contributed by atoms with E-state index < -0.39 is 30.0 Å². The number of anilines is 1. The Labute approximate surface area is 135 Å². The zero-order valence-electron chi connectivity index (χ0n) is 12.6. The van der Waals surface area contributed by atoms with E-state index in [0.29, 0.717) is 5.76 Å². The molecule has 1 heterocycles. The number of nitrogens with zero attached hydrogens (tertiary/aromatic N) is 2. The molecule has 2 rings (SSSR count). The Morgan fingerprint density at radius 3 is 2.75 bits per heavy atom. The Morgan fingerprint density at radius 1 is 1.33 bits per heavy atom. The molecule has 126 valence electrons. The summed E-state index contributed by atoms with van der Waals surface area (Å²) in [6, 6.07) is 7.09. The van der Waals surface area contributed by atoms with Crippen molar-refractivity contribution in [2.24, 2.45) is 0 Å². The maximum absolute atomic E-state index is 11.7. The van der Waals surface area contributed by atoms with Gasteiger partial charge in [-0.1, -0.05) is 12.1 Å². The summed E-state index contributed by atoms with van der Waals surface area (Å²) in [6.45, 7) is 0.599. The Balaban J connectivity index is 1.78. The number of benzene rings is 1. The lowest BCUT2D eigenvalue weighted by atomic mass is 10.2. The summed E-state index contributed by atoms with van der Waals surface area (Å²) in [4.78, 5) is 33.4. The first-order valence-corrected chi connectivity index (χ1v) is 6.70. The SMILES string of the molecule is Cc1cc(OCC(=O)OCC(=O)Nc2ccccc2[N+](=O)[O-])no1. The van der Waals surface area contributed by atoms with E-state index in [2.05, 4.69) is 10.5 Å². The van der Waals surface area contributed by atoms with Gasteiger partial charge in [0.1, 0.15) is 11.4 Å². The number of esters is 1. The molecular formula is C14H13N3O7. The Bertz CT molecular complexity index is 756. The van der Waals surface area contributed by atoms with Crippen LogP contribution in [0.15, 0.2) is 34.9 Å². The van der Waals surface area contributed by atoms with Crippen molar-refractivity contribution in [1.82, 2.24) is 5.16 Å². The van der Waals surface area contributed by atoms with Crippen LogP contribution in [0.2, 0.25) is 0 Å². The van der Waals surface area contributed by atoms with Gasteiger partial charge in [-0.3, -0.25) is 14.9 Å². The van der Waals surface area contributed by atoms with Gasteiger partial charge < -0.3 is 19.3 Å². The van der Waals surface area contributed by atoms with Crippen LogP contribution < -0.4 is 10.1 Å². The van der Waals surface area contributed by atoms with E-state index in [1.807, 2.05) is 0 Å². The van der Waals surface area contributed by atoms with Crippen LogP contribution in [0.3, 0.4) is 0 Å². The van der Waals surface area contributed by atoms with Crippen molar-refractivity contribution in [3.63, 3.8) is 0 Å². The molecule has 0 aliphatic heterocycles. The van der Waals surface area contributed by atoms with Crippen molar-refractivity contribution in [3.05, 3.63) is 46.2 Å². The summed E-state index contributed by atoms with van der Waals surface area (Å²) in [5.74, 6) is -0.876. The molecular weight excluding hydrogens is 322 g/mol. The highest BCUT2D eigenvalue weighted by atomic mass is 16.6. The number of carbonyl (C=O) groups is 2. The lowest BCUT2D eigenvalue weighted by molar-refractivity contribution is -0.383. The van der Waals surface area contributed by atoms with Crippen molar-refractivity contribution in [2.45, 2.75) is 6.92 Å². The van der Waals surface area contributed by atoms with Crippen molar-refractivity contribution < 1.29 is 28.5 Å². The molecule has 0 atom stereocenters. The average molecular weight is 335 g/mol. The lowest BCUT2D eigenvalue weighted by Gasteiger charge is -2.07. The van der Waals surface area contributed by atoms with Gasteiger partial charge in [0, 0.05) is 12.1 Å². The zero-order chi connectivity index (χ0) is 17.5. The topological polar surface area (TPSA) is 134 Å². The van der Waals surface area contributed by atoms with E-state index >= 15 is 0 Å². The zero-order valence-corrected chi connectivity index (χ0v) is 12.6. The third kappa shape index (κ3) is 4.80. The van der Waals surface area contributed by atoms with Crippen molar-refractivity contribution in [3.8, 4) is 5.88 Å². The van der Waals surface area contributed by atoms with Gasteiger partial charge in [0.2, 0.25) is 0 Å². The fourth-order valence-corrected chi connectivity index (χ4v) is 1.66. The molecule has 0 saturated heterocycles. The maximum Gasteiger partial charge on any atom is 0.344 e. The van der Waals surface area contributed by atoms with Gasteiger partial charge in [0.05, 0.1) is 4.92 Å². The number of hydrogen-bond acceptors (Lipinski definition) is 8. The van der Waals surface area contributed by atoms with E-state index in [1.165, 1.54) is 30.3 Å². The first-order chi connectivity index (χ1) is 11.5. The molecule has 0 aliphatic carbocycles. The minimum atomic E-state index is -0.798. The molecule has 1 N–H and O–H groups in total. The Morgan fingerprint density at radius 2 is 2.08 bits per heavy atom. The van der Waals surface area contributed by atoms with Crippen LogP contribution in [0.5, 0.6) is 5.88 Å². The van der Waals surface area contributed by atoms with Crippen molar-refractivity contribution in [2.75, 3.05) is 18.5 Å². The molecule has 24 heavy (non-hydrogen) atoms. The molecule has 10 nitrogen and oxygen atoms in total. The minimum absolute atomic E-state index is 0.0119. The average Bonchev–Trinajstić information content (AvgIpc) is 2.97. The molecule has 0 aliphatic rings. The van der Waals surface area contributed by atoms with E-state index in [4.69, 9.17) is 14.0 Å². The lowest BCUT2D eigenvalue weighted by Crippen LogP contribution is -2.24. The van der Waals surface area contributed by atoms with Gasteiger partial charge in [-0.15, -0.1) is 0 Å². The third-order valence-corrected chi connectivity index (χ3v) is 2.68. The molecule has 0 radical (unpaired) electrons. The number of aryl methyl sites for hydroxylation is 1. The highest BCUT2D eigenvalue weighted by Crippen LogP contribution is 2.22. The number of rotatable bonds is 7. The van der Waals surface area contributed by atoms with E-state index in [1.54, 1.807) is 6.92 Å². The predicted molar refractivity (Wildman–Crippen MR) is 79.4 cm³/mol. The fourth-order valence-electron chi connectivity index (χ4n) is 1.66. The molecule has 2 aromatic rings. The standard InChI is InChI=1S/C14H13N3O7/c1-9-6-13(16-24-9)22-8-14(19)23-7-12(18)15-10-4-2-3-5-11(10)17(20)21/h2-6H,7-8H2,1H3,(H,15,18). The number of aromatic nitrogens is 1. The monoisotopic (exact) mass is 335 g/mol. The minimum Gasteiger partial charge on any atom is -0.463 e. The van der Waals surface area contributed by atoms with Crippen LogP contribution in [0.4, 0.5) is 11.4 Å². The number of nitrogens with one attached hydrogen (secondary N) is 1. The van der Waals surface area contributed by atoms with Crippen LogP contribution in [-0.4, -0.2) is 35.2 Å². The second kappa shape index (κ2) is 7.72. The maximum atomic E-state index is 11.7. The number of amides is 1. The molecule has 0 bridgehead atoms. The normalized spacial score (nSPS) is 10.0. The molecule has 0 saturated carbocycles. The van der Waals surface area contributed by atoms with Crippen LogP contribution in [0.25, 0.3) is 0 Å². The highest BCUT2D eigenvalue weighted by molar-refractivity contribution is 5.94. The van der Waals surface area contributed by atoms with Crippen LogP contribution in [0.1, 0.15) is 5.76 Å². The van der Waals surface area contributed by atoms with Gasteiger partial charge in [-0.05, 0) is 18.1 Å². The fraction of sp³-hybridized carbons (Fsp3) is 0.214. The van der Waals surface area contributed by atoms with E-state index in [9.17, 15) is 19.7 Å². The Hall–Kier alpha value is -3.43. The molecule has 0 spiro atoms. The molecule has 0 fully saturated rings. The second-order valence-electron chi connectivity index (χ2n) is 4.55. The summed E-state index contributed by atoms with van der Waals surface area (Å²) in [5, 5.41) is 16.6. The van der Waals surface area contributed by atoms with Crippen LogP contribution in [-0.2, 0) is 14.3 Å². The largest absolute Gasteiger partial charge is 0.463 e. The van der Waals surface area contributed by atoms with Crippen molar-refractivity contribution in [1.29, 1.82) is 0 Å². The Kier molecular flexibility index (Phi) is 5.45. The third-order valence-electron chi connectivity index (χ3n) is 2.68. The molecule has 10 heteroatoms. The van der Waals surface area contributed by atoms with Gasteiger partial charge in [0.25, 0.3) is 17.5 Å². The number of ether oxygens (including phenoxy) is 2. The predicted octanol–water partition coefficient (Wildman–Crippen LogP) is 1.45. The number of carbonyl (C=O) groups excluding carboxylic acids is 2. The molecule has 1 amide bonds. The quantitative estimate of drug-likeness (QED) is 0.456.